The van der Waals surface area contributed by atoms with Gasteiger partial charge in [0.05, 0.1) is 5.02 Å². The molecule has 5 aromatic carbocycles. The molecule has 0 fully saturated rings. The molecule has 0 amide bonds. The van der Waals surface area contributed by atoms with Crippen molar-refractivity contribution in [1.29, 1.82) is 0 Å². The van der Waals surface area contributed by atoms with Crippen LogP contribution in [0.25, 0.3) is 33.4 Å². The lowest BCUT2D eigenvalue weighted by molar-refractivity contribution is -0.189. The molecule has 0 saturated heterocycles. The van der Waals surface area contributed by atoms with Crippen LogP contribution >= 0.6 is 11.6 Å². The van der Waals surface area contributed by atoms with E-state index in [1.54, 1.807) is 24.3 Å². The first kappa shape index (κ1) is 34.9. The first-order chi connectivity index (χ1) is 22.8. The number of hydrogen-bond donors (Lipinski definition) is 0. The Morgan fingerprint density at radius 2 is 1.17 bits per heavy atom. The SMILES string of the molecule is CCCCCCc1ccc(-c2cc(F)c(C(F)(F)Oc3cc(F)c(-c4ccc(-c5cc(F)c(F)c(F)c5)c(F)c4)c(Cl)c3)c(F)c2)cc1. The van der Waals surface area contributed by atoms with Gasteiger partial charge >= 0.3 is 6.11 Å². The number of ether oxygens (including phenoxy) is 1. The zero-order chi connectivity index (χ0) is 34.7. The fourth-order valence-electron chi connectivity index (χ4n) is 5.34. The molecule has 0 aliphatic rings. The summed E-state index contributed by atoms with van der Waals surface area (Å²) in [6.45, 7) is 2.11. The van der Waals surface area contributed by atoms with Gasteiger partial charge < -0.3 is 4.74 Å². The summed E-state index contributed by atoms with van der Waals surface area (Å²) in [4.78, 5) is 0. The Morgan fingerprint density at radius 1 is 0.583 bits per heavy atom. The highest BCUT2D eigenvalue weighted by molar-refractivity contribution is 6.33. The van der Waals surface area contributed by atoms with Crippen molar-refractivity contribution in [2.45, 2.75) is 45.1 Å². The predicted molar refractivity (Wildman–Crippen MR) is 166 cm³/mol. The van der Waals surface area contributed by atoms with Gasteiger partial charge in [-0.25, -0.2) is 30.7 Å². The van der Waals surface area contributed by atoms with Gasteiger partial charge in [0.1, 0.15) is 34.6 Å². The quantitative estimate of drug-likeness (QED) is 0.0760. The van der Waals surface area contributed by atoms with Crippen molar-refractivity contribution in [2.75, 3.05) is 0 Å². The fraction of sp³-hybridized carbons (Fsp3) is 0.189. The van der Waals surface area contributed by atoms with Gasteiger partial charge in [-0.1, -0.05) is 74.2 Å². The van der Waals surface area contributed by atoms with Crippen LogP contribution in [-0.2, 0) is 12.5 Å². The average Bonchev–Trinajstić information content (AvgIpc) is 3.01. The Bertz CT molecular complexity index is 1890. The Labute approximate surface area is 275 Å². The third-order valence-electron chi connectivity index (χ3n) is 7.75. The number of hydrogen-bond acceptors (Lipinski definition) is 1. The van der Waals surface area contributed by atoms with E-state index in [2.05, 4.69) is 11.7 Å². The van der Waals surface area contributed by atoms with Crippen molar-refractivity contribution in [2.24, 2.45) is 0 Å². The zero-order valence-corrected chi connectivity index (χ0v) is 26.0. The van der Waals surface area contributed by atoms with Gasteiger partial charge in [-0.05, 0) is 77.1 Å². The van der Waals surface area contributed by atoms with Crippen molar-refractivity contribution >= 4 is 11.6 Å². The van der Waals surface area contributed by atoms with Gasteiger partial charge in [0, 0.05) is 17.2 Å². The minimum Gasteiger partial charge on any atom is -0.429 e. The van der Waals surface area contributed by atoms with Crippen LogP contribution in [0.1, 0.15) is 43.7 Å². The third-order valence-corrected chi connectivity index (χ3v) is 8.05. The van der Waals surface area contributed by atoms with Crippen LogP contribution in [0.2, 0.25) is 5.02 Å². The number of rotatable bonds is 11. The molecule has 0 spiro atoms. The molecule has 1 nitrogen and oxygen atoms in total. The van der Waals surface area contributed by atoms with E-state index in [1.165, 1.54) is 0 Å². The summed E-state index contributed by atoms with van der Waals surface area (Å²) < 4.78 is 136. The van der Waals surface area contributed by atoms with Crippen LogP contribution in [0.5, 0.6) is 5.75 Å². The maximum atomic E-state index is 15.2. The third kappa shape index (κ3) is 7.49. The summed E-state index contributed by atoms with van der Waals surface area (Å²) in [5.41, 5.74) is -1.58. The number of benzene rings is 5. The molecule has 0 N–H and O–H groups in total. The molecule has 0 heterocycles. The monoisotopic (exact) mass is 692 g/mol. The molecule has 0 bridgehead atoms. The van der Waals surface area contributed by atoms with E-state index in [4.69, 9.17) is 11.6 Å². The lowest BCUT2D eigenvalue weighted by atomic mass is 9.98. The molecule has 48 heavy (non-hydrogen) atoms. The molecule has 11 heteroatoms. The van der Waals surface area contributed by atoms with Gasteiger partial charge in [-0.3, -0.25) is 0 Å². The van der Waals surface area contributed by atoms with Crippen LogP contribution in [0.4, 0.5) is 39.5 Å². The van der Waals surface area contributed by atoms with Crippen molar-refractivity contribution in [3.8, 4) is 39.1 Å². The van der Waals surface area contributed by atoms with Crippen LogP contribution in [0, 0.1) is 40.7 Å². The molecule has 0 radical (unpaired) electrons. The van der Waals surface area contributed by atoms with E-state index in [1.807, 2.05) is 0 Å². The lowest BCUT2D eigenvalue weighted by Gasteiger charge is -2.21. The molecule has 0 aliphatic heterocycles. The molecule has 0 atom stereocenters. The van der Waals surface area contributed by atoms with E-state index in [0.717, 1.165) is 74.1 Å². The lowest BCUT2D eigenvalue weighted by Crippen LogP contribution is -2.25. The Morgan fingerprint density at radius 3 is 1.75 bits per heavy atom. The average molecular weight is 693 g/mol. The summed E-state index contributed by atoms with van der Waals surface area (Å²) >= 11 is 6.14. The zero-order valence-electron chi connectivity index (χ0n) is 25.2. The first-order valence-corrected chi connectivity index (χ1v) is 15.3. The first-order valence-electron chi connectivity index (χ1n) is 14.9. The van der Waals surface area contributed by atoms with Gasteiger partial charge in [-0.15, -0.1) is 0 Å². The summed E-state index contributed by atoms with van der Waals surface area (Å²) in [6, 6.07) is 13.7. The molecule has 0 aromatic heterocycles. The van der Waals surface area contributed by atoms with Crippen molar-refractivity contribution in [1.82, 2.24) is 0 Å². The van der Waals surface area contributed by atoms with Gasteiger partial charge in [0.25, 0.3) is 0 Å². The van der Waals surface area contributed by atoms with Crippen LogP contribution in [0.15, 0.2) is 78.9 Å². The summed E-state index contributed by atoms with van der Waals surface area (Å²) in [7, 11) is 0. The van der Waals surface area contributed by atoms with E-state index >= 15 is 22.0 Å². The second-order valence-electron chi connectivity index (χ2n) is 11.2. The largest absolute Gasteiger partial charge is 0.432 e. The van der Waals surface area contributed by atoms with Gasteiger partial charge in [0.15, 0.2) is 17.5 Å². The van der Waals surface area contributed by atoms with Gasteiger partial charge in [-0.2, -0.15) is 8.78 Å². The van der Waals surface area contributed by atoms with E-state index in [-0.39, 0.29) is 22.3 Å². The highest BCUT2D eigenvalue weighted by Gasteiger charge is 2.41. The van der Waals surface area contributed by atoms with Crippen molar-refractivity contribution in [3.05, 3.63) is 136 Å². The smallest absolute Gasteiger partial charge is 0.429 e. The van der Waals surface area contributed by atoms with Crippen molar-refractivity contribution in [3.63, 3.8) is 0 Å². The van der Waals surface area contributed by atoms with Crippen LogP contribution in [-0.4, -0.2) is 0 Å². The molecule has 0 unspecified atom stereocenters. The molecule has 5 aromatic rings. The molecule has 0 saturated carbocycles. The van der Waals surface area contributed by atoms with Crippen LogP contribution in [0.3, 0.4) is 0 Å². The summed E-state index contributed by atoms with van der Waals surface area (Å²) in [6.07, 6.45) is 0.523. The Balaban J connectivity index is 1.36. The highest BCUT2D eigenvalue weighted by Crippen LogP contribution is 2.41. The minimum atomic E-state index is -4.61. The van der Waals surface area contributed by atoms with E-state index < -0.39 is 68.7 Å². The fourth-order valence-corrected chi connectivity index (χ4v) is 5.64. The number of unbranched alkanes of at least 4 members (excludes halogenated alkanes) is 3. The summed E-state index contributed by atoms with van der Waals surface area (Å²) in [5, 5.41) is -0.531. The highest BCUT2D eigenvalue weighted by atomic mass is 35.5. The molecular formula is C37H26ClF9O. The normalized spacial score (nSPS) is 11.6. The predicted octanol–water partition coefficient (Wildman–Crippen LogP) is 12.6. The van der Waals surface area contributed by atoms with Gasteiger partial charge in [0.2, 0.25) is 0 Å². The van der Waals surface area contributed by atoms with E-state index in [0.29, 0.717) is 23.8 Å². The molecule has 0 aliphatic carbocycles. The maximum Gasteiger partial charge on any atom is 0.432 e. The maximum absolute atomic E-state index is 15.2. The number of halogens is 10. The van der Waals surface area contributed by atoms with E-state index in [9.17, 15) is 17.6 Å². The minimum absolute atomic E-state index is 0.0217. The molecule has 5 rings (SSSR count). The number of aryl methyl sites for hydroxylation is 1. The molecular weight excluding hydrogens is 667 g/mol. The molecule has 250 valence electrons. The number of alkyl halides is 2. The topological polar surface area (TPSA) is 9.23 Å². The standard InChI is InChI=1S/C37H26ClF9O/c1-2-3-4-5-6-20-7-9-21(10-8-20)23-14-30(41)35(31(42)15-23)37(46,47)48-25-18-27(38)34(29(40)19-25)22-11-12-26(28(39)13-22)24-16-32(43)36(45)33(44)17-24/h7-19H,2-6H2,1H3. The summed E-state index contributed by atoms with van der Waals surface area (Å²) in [5.74, 6) is -11.3. The Kier molecular flexibility index (Phi) is 10.4. The second-order valence-corrected chi connectivity index (χ2v) is 11.6. The van der Waals surface area contributed by atoms with Crippen molar-refractivity contribution < 1.29 is 44.3 Å². The Hall–Kier alpha value is -4.44. The van der Waals surface area contributed by atoms with Crippen LogP contribution < -0.4 is 4.74 Å². The second kappa shape index (κ2) is 14.4.